The predicted molar refractivity (Wildman–Crippen MR) is 119 cm³/mol. The van der Waals surface area contributed by atoms with E-state index < -0.39 is 14.4 Å². The number of allylic oxidation sites excluding steroid dienone is 3. The van der Waals surface area contributed by atoms with Crippen LogP contribution in [0.25, 0.3) is 0 Å². The topological polar surface area (TPSA) is 55.8 Å². The summed E-state index contributed by atoms with van der Waals surface area (Å²) in [7, 11) is -1.79. The van der Waals surface area contributed by atoms with Gasteiger partial charge in [0.1, 0.15) is 6.10 Å². The van der Waals surface area contributed by atoms with Crippen LogP contribution in [-0.2, 0) is 14.0 Å². The summed E-state index contributed by atoms with van der Waals surface area (Å²) < 4.78 is 12.1. The number of carbonyl (C=O) groups excluding carboxylic acids is 1. The molecule has 0 spiro atoms. The number of cyclic esters (lactones) is 1. The first-order chi connectivity index (χ1) is 13.5. The summed E-state index contributed by atoms with van der Waals surface area (Å²) >= 11 is 0. The fourth-order valence-corrected chi connectivity index (χ4v) is 5.90. The second-order valence-corrected chi connectivity index (χ2v) is 15.5. The van der Waals surface area contributed by atoms with Crippen LogP contribution >= 0.6 is 0 Å². The molecule has 29 heavy (non-hydrogen) atoms. The second-order valence-electron chi connectivity index (χ2n) is 10.7. The molecule has 5 heteroatoms. The van der Waals surface area contributed by atoms with Crippen molar-refractivity contribution in [2.24, 2.45) is 17.8 Å². The molecule has 1 aliphatic heterocycles. The van der Waals surface area contributed by atoms with Crippen molar-refractivity contribution in [3.05, 3.63) is 30.2 Å². The molecular formula is C24H39O4Si. The predicted octanol–water partition coefficient (Wildman–Crippen LogP) is 5.20. The van der Waals surface area contributed by atoms with Crippen LogP contribution < -0.4 is 0 Å². The Balaban J connectivity index is 1.64. The smallest absolute Gasteiger partial charge is 0.308 e. The van der Waals surface area contributed by atoms with E-state index >= 15 is 0 Å². The largest absolute Gasteiger partial charge is 0.462 e. The SMILES string of the molecule is CC1C=CC2=CC(O[Si](C)(C)C(C)(C)C)C[CH]C2C1CCC1CC(O)CC(=O)O1. The van der Waals surface area contributed by atoms with E-state index in [4.69, 9.17) is 9.16 Å². The maximum absolute atomic E-state index is 11.6. The average molecular weight is 420 g/mol. The van der Waals surface area contributed by atoms with E-state index in [1.54, 1.807) is 0 Å². The zero-order valence-electron chi connectivity index (χ0n) is 19.0. The Kier molecular flexibility index (Phi) is 6.81. The maximum Gasteiger partial charge on any atom is 0.308 e. The lowest BCUT2D eigenvalue weighted by molar-refractivity contribution is -0.160. The minimum atomic E-state index is -1.79. The second kappa shape index (κ2) is 8.68. The van der Waals surface area contributed by atoms with E-state index in [1.807, 2.05) is 0 Å². The van der Waals surface area contributed by atoms with Gasteiger partial charge in [-0.2, -0.15) is 0 Å². The van der Waals surface area contributed by atoms with Crippen molar-refractivity contribution in [1.29, 1.82) is 0 Å². The number of aliphatic hydroxyl groups is 1. The molecule has 4 nitrogen and oxygen atoms in total. The van der Waals surface area contributed by atoms with Gasteiger partial charge in [-0.3, -0.25) is 4.79 Å². The van der Waals surface area contributed by atoms with Gasteiger partial charge in [-0.1, -0.05) is 45.9 Å². The molecule has 6 unspecified atom stereocenters. The number of hydrogen-bond donors (Lipinski definition) is 1. The number of carbonyl (C=O) groups is 1. The summed E-state index contributed by atoms with van der Waals surface area (Å²) in [6.07, 6.45) is 12.4. The van der Waals surface area contributed by atoms with Gasteiger partial charge in [0.2, 0.25) is 0 Å². The van der Waals surface area contributed by atoms with Crippen molar-refractivity contribution in [3.63, 3.8) is 0 Å². The molecule has 0 bridgehead atoms. The van der Waals surface area contributed by atoms with Crippen LogP contribution in [0.3, 0.4) is 0 Å². The molecule has 0 saturated carbocycles. The van der Waals surface area contributed by atoms with E-state index in [0.29, 0.717) is 24.2 Å². The Morgan fingerprint density at radius 3 is 2.66 bits per heavy atom. The number of ether oxygens (including phenoxy) is 1. The van der Waals surface area contributed by atoms with Gasteiger partial charge in [-0.15, -0.1) is 0 Å². The minimum absolute atomic E-state index is 0.137. The zero-order valence-corrected chi connectivity index (χ0v) is 20.0. The summed E-state index contributed by atoms with van der Waals surface area (Å²) in [4.78, 5) is 11.6. The number of fused-ring (bicyclic) bond motifs is 1. The minimum Gasteiger partial charge on any atom is -0.462 e. The van der Waals surface area contributed by atoms with Gasteiger partial charge in [-0.25, -0.2) is 0 Å². The summed E-state index contributed by atoms with van der Waals surface area (Å²) in [5.41, 5.74) is 1.38. The Bertz CT molecular complexity index is 660. The lowest BCUT2D eigenvalue weighted by Gasteiger charge is -2.43. The molecule has 1 saturated heterocycles. The Hall–Kier alpha value is -0.913. The molecule has 1 N–H and O–H groups in total. The summed E-state index contributed by atoms with van der Waals surface area (Å²) in [5.74, 6) is 1.19. The highest BCUT2D eigenvalue weighted by molar-refractivity contribution is 6.74. The van der Waals surface area contributed by atoms with E-state index in [9.17, 15) is 9.90 Å². The van der Waals surface area contributed by atoms with Crippen molar-refractivity contribution in [2.75, 3.05) is 0 Å². The van der Waals surface area contributed by atoms with Crippen LogP contribution in [0.15, 0.2) is 23.8 Å². The third kappa shape index (κ3) is 5.42. The summed E-state index contributed by atoms with van der Waals surface area (Å²) in [6.45, 7) is 13.8. The number of esters is 1. The van der Waals surface area contributed by atoms with Gasteiger partial charge in [0.15, 0.2) is 8.32 Å². The summed E-state index contributed by atoms with van der Waals surface area (Å²) in [5, 5.41) is 10.1. The highest BCUT2D eigenvalue weighted by atomic mass is 28.4. The third-order valence-corrected chi connectivity index (χ3v) is 11.9. The van der Waals surface area contributed by atoms with Crippen LogP contribution in [0.2, 0.25) is 18.1 Å². The molecule has 3 rings (SSSR count). The Morgan fingerprint density at radius 1 is 1.28 bits per heavy atom. The van der Waals surface area contributed by atoms with Crippen molar-refractivity contribution in [2.45, 2.75) is 96.2 Å². The van der Waals surface area contributed by atoms with Crippen LogP contribution in [0.4, 0.5) is 0 Å². The lowest BCUT2D eigenvalue weighted by Crippen LogP contribution is -2.44. The molecule has 0 aromatic heterocycles. The van der Waals surface area contributed by atoms with Gasteiger partial charge >= 0.3 is 5.97 Å². The number of rotatable bonds is 5. The van der Waals surface area contributed by atoms with Crippen LogP contribution in [0.5, 0.6) is 0 Å². The molecule has 0 amide bonds. The standard InChI is InChI=1S/C24H39O4Si/c1-16-7-8-17-13-20(28-29(5,6)24(2,3)4)10-12-22(17)21(16)11-9-19-14-18(25)15-23(26)27-19/h7-8,12-13,16,18-22,25H,9-11,14-15H2,1-6H3. The lowest BCUT2D eigenvalue weighted by atomic mass is 9.67. The van der Waals surface area contributed by atoms with Gasteiger partial charge in [-0.05, 0) is 67.1 Å². The van der Waals surface area contributed by atoms with Crippen LogP contribution in [0.1, 0.15) is 59.8 Å². The van der Waals surface area contributed by atoms with E-state index in [0.717, 1.165) is 19.3 Å². The first-order valence-electron chi connectivity index (χ1n) is 11.2. The molecule has 0 aromatic carbocycles. The fraction of sp³-hybridized carbons (Fsp3) is 0.750. The molecule has 1 heterocycles. The number of hydrogen-bond acceptors (Lipinski definition) is 4. The molecule has 1 radical (unpaired) electrons. The number of aliphatic hydroxyl groups excluding tert-OH is 1. The average Bonchev–Trinajstić information content (AvgIpc) is 2.59. The van der Waals surface area contributed by atoms with Crippen molar-refractivity contribution in [3.8, 4) is 0 Å². The first kappa shape index (κ1) is 22.8. The first-order valence-corrected chi connectivity index (χ1v) is 14.2. The molecule has 3 aliphatic rings. The van der Waals surface area contributed by atoms with Gasteiger partial charge in [0.25, 0.3) is 0 Å². The Labute approximate surface area is 177 Å². The van der Waals surface area contributed by atoms with Crippen molar-refractivity contribution in [1.82, 2.24) is 0 Å². The van der Waals surface area contributed by atoms with E-state index in [2.05, 4.69) is 65.4 Å². The quantitative estimate of drug-likeness (QED) is 0.492. The monoisotopic (exact) mass is 419 g/mol. The van der Waals surface area contributed by atoms with E-state index in [-0.39, 0.29) is 29.6 Å². The molecular weight excluding hydrogens is 380 g/mol. The maximum atomic E-state index is 11.6. The third-order valence-electron chi connectivity index (χ3n) is 7.42. The summed E-state index contributed by atoms with van der Waals surface area (Å²) in [6, 6.07) is 0. The molecule has 0 aromatic rings. The molecule has 1 fully saturated rings. The zero-order chi connectivity index (χ0) is 21.4. The molecule has 2 aliphatic carbocycles. The van der Waals surface area contributed by atoms with Crippen molar-refractivity contribution < 1.29 is 19.1 Å². The Morgan fingerprint density at radius 2 is 2.00 bits per heavy atom. The molecule has 163 valence electrons. The van der Waals surface area contributed by atoms with Crippen LogP contribution in [-0.4, -0.2) is 37.7 Å². The van der Waals surface area contributed by atoms with Gasteiger partial charge in [0.05, 0.1) is 18.6 Å². The normalized spacial score (nSPS) is 35.7. The van der Waals surface area contributed by atoms with Crippen LogP contribution in [0, 0.1) is 24.2 Å². The highest BCUT2D eigenvalue weighted by Gasteiger charge is 2.41. The highest BCUT2D eigenvalue weighted by Crippen LogP contribution is 2.44. The van der Waals surface area contributed by atoms with E-state index in [1.165, 1.54) is 5.57 Å². The van der Waals surface area contributed by atoms with Crippen molar-refractivity contribution >= 4 is 14.3 Å². The fourth-order valence-electron chi connectivity index (χ4n) is 4.63. The molecule has 6 atom stereocenters. The van der Waals surface area contributed by atoms with Gasteiger partial charge < -0.3 is 14.3 Å². The van der Waals surface area contributed by atoms with Gasteiger partial charge in [0, 0.05) is 6.42 Å².